The van der Waals surface area contributed by atoms with Crippen LogP contribution in [0.1, 0.15) is 0 Å². The van der Waals surface area contributed by atoms with Crippen molar-refractivity contribution in [3.8, 4) is 0 Å². The van der Waals surface area contributed by atoms with Crippen molar-refractivity contribution in [2.45, 2.75) is 11.4 Å². The summed E-state index contributed by atoms with van der Waals surface area (Å²) in [6.45, 7) is 0.825. The lowest BCUT2D eigenvalue weighted by Crippen LogP contribution is -2.51. The maximum absolute atomic E-state index is 13.2. The van der Waals surface area contributed by atoms with Crippen LogP contribution in [0.15, 0.2) is 82.6 Å². The van der Waals surface area contributed by atoms with E-state index in [4.69, 9.17) is 0 Å². The molecule has 0 saturated carbocycles. The van der Waals surface area contributed by atoms with Crippen molar-refractivity contribution >= 4 is 37.7 Å². The Hall–Kier alpha value is -3.56. The molecule has 0 bridgehead atoms. The molecule has 1 aliphatic rings. The number of hydrogen-bond acceptors (Lipinski definition) is 5. The summed E-state index contributed by atoms with van der Waals surface area (Å²) in [6, 6.07) is 19.9. The summed E-state index contributed by atoms with van der Waals surface area (Å²) in [4.78, 5) is 31.2. The van der Waals surface area contributed by atoms with Crippen molar-refractivity contribution in [3.05, 3.63) is 83.3 Å². The maximum atomic E-state index is 13.2. The molecule has 0 unspecified atom stereocenters. The average molecular weight is 463 g/mol. The van der Waals surface area contributed by atoms with E-state index in [0.717, 1.165) is 10.8 Å². The van der Waals surface area contributed by atoms with E-state index in [0.29, 0.717) is 11.0 Å². The van der Waals surface area contributed by atoms with Gasteiger partial charge in [-0.2, -0.15) is 4.31 Å². The van der Waals surface area contributed by atoms with Crippen molar-refractivity contribution in [2.75, 3.05) is 26.2 Å². The first kappa shape index (κ1) is 21.3. The highest BCUT2D eigenvalue weighted by Crippen LogP contribution is 2.23. The van der Waals surface area contributed by atoms with Crippen molar-refractivity contribution < 1.29 is 13.2 Å². The van der Waals surface area contributed by atoms with Crippen LogP contribution < -0.4 is 5.56 Å². The molecule has 1 fully saturated rings. The first-order valence-electron chi connectivity index (χ1n) is 10.6. The Balaban J connectivity index is 1.30. The van der Waals surface area contributed by atoms with Gasteiger partial charge in [-0.3, -0.25) is 14.2 Å². The van der Waals surface area contributed by atoms with E-state index in [1.807, 2.05) is 30.3 Å². The fourth-order valence-corrected chi connectivity index (χ4v) is 5.63. The van der Waals surface area contributed by atoms with Crippen LogP contribution in [0, 0.1) is 0 Å². The second-order valence-corrected chi connectivity index (χ2v) is 9.90. The Morgan fingerprint density at radius 1 is 0.879 bits per heavy atom. The number of carbonyl (C=O) groups excluding carboxylic acids is 1. The summed E-state index contributed by atoms with van der Waals surface area (Å²) in [6.07, 6.45) is 1.21. The summed E-state index contributed by atoms with van der Waals surface area (Å²) in [7, 11) is -3.67. The lowest BCUT2D eigenvalue weighted by atomic mass is 10.1. The van der Waals surface area contributed by atoms with Gasteiger partial charge in [-0.05, 0) is 35.0 Å². The Morgan fingerprint density at radius 2 is 1.58 bits per heavy atom. The normalized spacial score (nSPS) is 15.2. The van der Waals surface area contributed by atoms with Crippen LogP contribution in [-0.2, 0) is 21.4 Å². The number of para-hydroxylation sites is 2. The molecule has 33 heavy (non-hydrogen) atoms. The minimum absolute atomic E-state index is 0.112. The van der Waals surface area contributed by atoms with E-state index in [9.17, 15) is 18.0 Å². The highest BCUT2D eigenvalue weighted by molar-refractivity contribution is 7.89. The first-order valence-corrected chi connectivity index (χ1v) is 12.1. The molecule has 0 atom stereocenters. The summed E-state index contributed by atoms with van der Waals surface area (Å²) in [5, 5.41) is 1.84. The summed E-state index contributed by atoms with van der Waals surface area (Å²) in [5.74, 6) is -0.226. The van der Waals surface area contributed by atoms with Gasteiger partial charge in [-0.15, -0.1) is 0 Å². The molecule has 8 nitrogen and oxygen atoms in total. The van der Waals surface area contributed by atoms with Gasteiger partial charge in [0.25, 0.3) is 5.56 Å². The third kappa shape index (κ3) is 4.01. The minimum Gasteiger partial charge on any atom is -0.338 e. The average Bonchev–Trinajstić information content (AvgIpc) is 2.85. The van der Waals surface area contributed by atoms with Crippen molar-refractivity contribution in [3.63, 3.8) is 0 Å². The van der Waals surface area contributed by atoms with Crippen molar-refractivity contribution in [1.29, 1.82) is 0 Å². The molecule has 1 saturated heterocycles. The number of carbonyl (C=O) groups is 1. The van der Waals surface area contributed by atoms with Gasteiger partial charge in [-0.25, -0.2) is 13.4 Å². The van der Waals surface area contributed by atoms with Crippen molar-refractivity contribution in [2.24, 2.45) is 0 Å². The molecule has 0 radical (unpaired) electrons. The monoisotopic (exact) mass is 462 g/mol. The Labute approximate surface area is 190 Å². The van der Waals surface area contributed by atoms with E-state index in [-0.39, 0.29) is 49.1 Å². The number of rotatable bonds is 4. The van der Waals surface area contributed by atoms with Crippen LogP contribution in [0.25, 0.3) is 21.8 Å². The van der Waals surface area contributed by atoms with E-state index in [1.165, 1.54) is 15.1 Å². The Bertz CT molecular complexity index is 1520. The van der Waals surface area contributed by atoms with Crippen LogP contribution in [0.4, 0.5) is 0 Å². The van der Waals surface area contributed by atoms with Crippen LogP contribution in [-0.4, -0.2) is 59.3 Å². The number of sulfonamides is 1. The van der Waals surface area contributed by atoms with Crippen LogP contribution >= 0.6 is 0 Å². The lowest BCUT2D eigenvalue weighted by molar-refractivity contribution is -0.133. The summed E-state index contributed by atoms with van der Waals surface area (Å²) < 4.78 is 29.1. The van der Waals surface area contributed by atoms with Gasteiger partial charge >= 0.3 is 0 Å². The highest BCUT2D eigenvalue weighted by Gasteiger charge is 2.30. The fourth-order valence-electron chi connectivity index (χ4n) is 4.17. The zero-order chi connectivity index (χ0) is 23.0. The van der Waals surface area contributed by atoms with Crippen LogP contribution in [0.2, 0.25) is 0 Å². The molecule has 1 amide bonds. The Morgan fingerprint density at radius 3 is 2.36 bits per heavy atom. The SMILES string of the molecule is O=C(Cn1c(=O)cnc2ccccc21)N1CCN(S(=O)(=O)c2ccc3ccccc3c2)CC1. The van der Waals surface area contributed by atoms with Gasteiger partial charge in [0.05, 0.1) is 22.1 Å². The molecule has 0 aliphatic carbocycles. The smallest absolute Gasteiger partial charge is 0.269 e. The zero-order valence-corrected chi connectivity index (χ0v) is 18.6. The number of nitrogens with zero attached hydrogens (tertiary/aromatic N) is 4. The number of hydrogen-bond donors (Lipinski definition) is 0. The van der Waals surface area contributed by atoms with E-state index in [1.54, 1.807) is 41.3 Å². The highest BCUT2D eigenvalue weighted by atomic mass is 32.2. The number of benzene rings is 3. The zero-order valence-electron chi connectivity index (χ0n) is 17.8. The molecule has 3 aromatic carbocycles. The largest absolute Gasteiger partial charge is 0.338 e. The number of amides is 1. The Kier molecular flexibility index (Phi) is 5.43. The van der Waals surface area contributed by atoms with Crippen LogP contribution in [0.5, 0.6) is 0 Å². The molecule has 9 heteroatoms. The van der Waals surface area contributed by atoms with Gasteiger partial charge in [0, 0.05) is 26.2 Å². The molecule has 0 spiro atoms. The fraction of sp³-hybridized carbons (Fsp3) is 0.208. The quantitative estimate of drug-likeness (QED) is 0.463. The molecule has 1 aromatic heterocycles. The van der Waals surface area contributed by atoms with Crippen LogP contribution in [0.3, 0.4) is 0 Å². The number of piperazine rings is 1. The molecule has 4 aromatic rings. The molecule has 2 heterocycles. The number of fused-ring (bicyclic) bond motifs is 2. The maximum Gasteiger partial charge on any atom is 0.269 e. The van der Waals surface area contributed by atoms with Crippen molar-refractivity contribution in [1.82, 2.24) is 18.8 Å². The third-order valence-corrected chi connectivity index (χ3v) is 7.89. The van der Waals surface area contributed by atoms with Gasteiger partial charge in [0.1, 0.15) is 6.54 Å². The first-order chi connectivity index (χ1) is 15.9. The summed E-state index contributed by atoms with van der Waals surface area (Å²) in [5.41, 5.74) is 0.881. The van der Waals surface area contributed by atoms with Gasteiger partial charge in [-0.1, -0.05) is 42.5 Å². The van der Waals surface area contributed by atoms with E-state index in [2.05, 4.69) is 4.98 Å². The summed E-state index contributed by atoms with van der Waals surface area (Å²) >= 11 is 0. The molecule has 1 aliphatic heterocycles. The van der Waals surface area contributed by atoms with E-state index >= 15 is 0 Å². The lowest BCUT2D eigenvalue weighted by Gasteiger charge is -2.34. The van der Waals surface area contributed by atoms with E-state index < -0.39 is 10.0 Å². The second kappa shape index (κ2) is 8.42. The topological polar surface area (TPSA) is 92.6 Å². The van der Waals surface area contributed by atoms with Gasteiger partial charge in [0.2, 0.25) is 15.9 Å². The second-order valence-electron chi connectivity index (χ2n) is 7.97. The molecular formula is C24H22N4O4S. The molecule has 0 N–H and O–H groups in total. The predicted octanol–water partition coefficient (Wildman–Crippen LogP) is 2.08. The molecule has 168 valence electrons. The molecule has 5 rings (SSSR count). The minimum atomic E-state index is -3.67. The van der Waals surface area contributed by atoms with Gasteiger partial charge < -0.3 is 4.90 Å². The molecular weight excluding hydrogens is 440 g/mol. The number of aromatic nitrogens is 2. The predicted molar refractivity (Wildman–Crippen MR) is 125 cm³/mol. The standard InChI is InChI=1S/C24H22N4O4S/c29-23-16-25-21-7-3-4-8-22(21)28(23)17-24(30)26-11-13-27(14-12-26)33(31,32)20-10-9-18-5-1-2-6-19(18)15-20/h1-10,15-16H,11-14,17H2. The third-order valence-electron chi connectivity index (χ3n) is 6.00. The van der Waals surface area contributed by atoms with Gasteiger partial charge in [0.15, 0.2) is 0 Å².